The maximum absolute atomic E-state index is 13.4. The molecule has 3 atom stereocenters. The smallest absolute Gasteiger partial charge is 0.239 e. The minimum atomic E-state index is -0.507. The van der Waals surface area contributed by atoms with Gasteiger partial charge in [0.25, 0.3) is 0 Å². The van der Waals surface area contributed by atoms with Gasteiger partial charge in [0.1, 0.15) is 5.82 Å². The third-order valence-electron chi connectivity index (χ3n) is 7.14. The second kappa shape index (κ2) is 8.89. The topological polar surface area (TPSA) is 129 Å². The standard InChI is InChI=1S/C20H33N7O3/c1-14(28)27-7-4-15-12-16(26-8-10-30-11-9-26)2-5-20(15,13-27)18(29)22-6-3-17-23-19(21)25-24-17/h15-16H,2-13H2,1H3,(H,22,29)(H3,21,23,24,25)/t15-,16+,20-/m1/s1. The molecule has 0 unspecified atom stereocenters. The highest BCUT2D eigenvalue weighted by molar-refractivity contribution is 5.85. The number of anilines is 1. The molecule has 166 valence electrons. The predicted octanol–water partition coefficient (Wildman–Crippen LogP) is -0.215. The molecule has 1 aromatic heterocycles. The summed E-state index contributed by atoms with van der Waals surface area (Å²) in [4.78, 5) is 34.0. The predicted molar refractivity (Wildman–Crippen MR) is 110 cm³/mol. The number of carbonyl (C=O) groups excluding carboxylic acids is 2. The van der Waals surface area contributed by atoms with Gasteiger partial charge < -0.3 is 20.7 Å². The number of fused-ring (bicyclic) bond motifs is 1. The fourth-order valence-electron chi connectivity index (χ4n) is 5.44. The second-order valence-corrected chi connectivity index (χ2v) is 8.81. The molecule has 1 aromatic rings. The zero-order chi connectivity index (χ0) is 21.1. The van der Waals surface area contributed by atoms with E-state index >= 15 is 0 Å². The van der Waals surface area contributed by atoms with Gasteiger partial charge >= 0.3 is 0 Å². The molecule has 1 aliphatic carbocycles. The van der Waals surface area contributed by atoms with Gasteiger partial charge in [-0.2, -0.15) is 4.98 Å². The average molecular weight is 420 g/mol. The lowest BCUT2D eigenvalue weighted by Gasteiger charge is -2.53. The van der Waals surface area contributed by atoms with Crippen molar-refractivity contribution in [2.45, 2.75) is 45.1 Å². The highest BCUT2D eigenvalue weighted by atomic mass is 16.5. The molecular formula is C20H33N7O3. The van der Waals surface area contributed by atoms with Crippen LogP contribution in [0.2, 0.25) is 0 Å². The minimum Gasteiger partial charge on any atom is -0.379 e. The number of amides is 2. The number of aromatic nitrogens is 3. The van der Waals surface area contributed by atoms with Crippen LogP contribution >= 0.6 is 0 Å². The van der Waals surface area contributed by atoms with Crippen molar-refractivity contribution in [1.29, 1.82) is 0 Å². The van der Waals surface area contributed by atoms with E-state index in [0.717, 1.165) is 58.5 Å². The van der Waals surface area contributed by atoms with Crippen LogP contribution in [0.1, 0.15) is 38.4 Å². The van der Waals surface area contributed by atoms with Crippen LogP contribution in [0, 0.1) is 11.3 Å². The number of piperidine rings is 1. The van der Waals surface area contributed by atoms with Gasteiger partial charge in [-0.15, -0.1) is 5.10 Å². The third kappa shape index (κ3) is 4.29. The lowest BCUT2D eigenvalue weighted by Crippen LogP contribution is -2.61. The number of likely N-dealkylation sites (tertiary alicyclic amines) is 1. The number of ether oxygens (including phenoxy) is 1. The molecule has 30 heavy (non-hydrogen) atoms. The highest BCUT2D eigenvalue weighted by Gasteiger charge is 2.52. The number of nitrogens with zero attached hydrogens (tertiary/aromatic N) is 4. The first-order valence-corrected chi connectivity index (χ1v) is 11.0. The molecule has 2 saturated heterocycles. The molecule has 0 radical (unpaired) electrons. The maximum atomic E-state index is 13.4. The van der Waals surface area contributed by atoms with E-state index < -0.39 is 5.41 Å². The Morgan fingerprint density at radius 3 is 2.80 bits per heavy atom. The van der Waals surface area contributed by atoms with Crippen LogP contribution in [0.25, 0.3) is 0 Å². The van der Waals surface area contributed by atoms with Crippen molar-refractivity contribution in [3.05, 3.63) is 5.82 Å². The maximum Gasteiger partial charge on any atom is 0.239 e. The number of aromatic amines is 1. The second-order valence-electron chi connectivity index (χ2n) is 8.81. The van der Waals surface area contributed by atoms with Crippen LogP contribution in [-0.4, -0.2) is 88.8 Å². The number of nitrogens with one attached hydrogen (secondary N) is 2. The van der Waals surface area contributed by atoms with E-state index in [-0.39, 0.29) is 23.7 Å². The monoisotopic (exact) mass is 419 g/mol. The average Bonchev–Trinajstić information content (AvgIpc) is 3.18. The van der Waals surface area contributed by atoms with Crippen LogP contribution in [-0.2, 0) is 20.7 Å². The van der Waals surface area contributed by atoms with Gasteiger partial charge in [-0.25, -0.2) is 0 Å². The zero-order valence-corrected chi connectivity index (χ0v) is 17.7. The van der Waals surface area contributed by atoms with Gasteiger partial charge in [0, 0.05) is 52.1 Å². The summed E-state index contributed by atoms with van der Waals surface area (Å²) in [7, 11) is 0. The molecule has 10 heteroatoms. The first kappa shape index (κ1) is 21.0. The molecule has 2 aliphatic heterocycles. The summed E-state index contributed by atoms with van der Waals surface area (Å²) < 4.78 is 5.51. The molecule has 0 bridgehead atoms. The van der Waals surface area contributed by atoms with Gasteiger partial charge in [0.05, 0.1) is 18.6 Å². The molecule has 4 rings (SSSR count). The van der Waals surface area contributed by atoms with Gasteiger partial charge in [0.2, 0.25) is 17.8 Å². The molecule has 0 aromatic carbocycles. The van der Waals surface area contributed by atoms with E-state index in [2.05, 4.69) is 25.4 Å². The Labute approximate surface area is 176 Å². The van der Waals surface area contributed by atoms with Crippen LogP contribution in [0.4, 0.5) is 5.95 Å². The van der Waals surface area contributed by atoms with Crippen LogP contribution in [0.15, 0.2) is 0 Å². The lowest BCUT2D eigenvalue weighted by atomic mass is 9.61. The normalized spacial score (nSPS) is 30.0. The molecule has 4 N–H and O–H groups in total. The third-order valence-corrected chi connectivity index (χ3v) is 7.14. The Morgan fingerprint density at radius 1 is 1.30 bits per heavy atom. The van der Waals surface area contributed by atoms with E-state index in [1.807, 2.05) is 4.90 Å². The number of rotatable bonds is 5. The number of morpholine rings is 1. The van der Waals surface area contributed by atoms with Crippen molar-refractivity contribution in [2.24, 2.45) is 11.3 Å². The Kier molecular flexibility index (Phi) is 6.24. The van der Waals surface area contributed by atoms with E-state index in [1.54, 1.807) is 6.92 Å². The summed E-state index contributed by atoms with van der Waals surface area (Å²) in [5, 5.41) is 9.71. The van der Waals surface area contributed by atoms with Crippen LogP contribution in [0.5, 0.6) is 0 Å². The molecule has 2 amide bonds. The Balaban J connectivity index is 1.43. The van der Waals surface area contributed by atoms with E-state index in [9.17, 15) is 9.59 Å². The van der Waals surface area contributed by atoms with Gasteiger partial charge in [-0.1, -0.05) is 0 Å². The number of nitrogen functional groups attached to an aromatic ring is 1. The van der Waals surface area contributed by atoms with Gasteiger partial charge in [0.15, 0.2) is 0 Å². The van der Waals surface area contributed by atoms with E-state index in [1.165, 1.54) is 0 Å². The largest absolute Gasteiger partial charge is 0.379 e. The number of hydrogen-bond donors (Lipinski definition) is 3. The van der Waals surface area contributed by atoms with E-state index in [4.69, 9.17) is 10.5 Å². The van der Waals surface area contributed by atoms with Crippen LogP contribution in [0.3, 0.4) is 0 Å². The molecule has 10 nitrogen and oxygen atoms in total. The molecular weight excluding hydrogens is 386 g/mol. The lowest BCUT2D eigenvalue weighted by molar-refractivity contribution is -0.150. The zero-order valence-electron chi connectivity index (χ0n) is 17.7. The molecule has 3 fully saturated rings. The van der Waals surface area contributed by atoms with Crippen molar-refractivity contribution in [1.82, 2.24) is 30.3 Å². The molecule has 1 saturated carbocycles. The summed E-state index contributed by atoms with van der Waals surface area (Å²) in [6.45, 7) is 6.84. The Morgan fingerprint density at radius 2 is 2.10 bits per heavy atom. The Bertz CT molecular complexity index is 763. The van der Waals surface area contributed by atoms with E-state index in [0.29, 0.717) is 31.4 Å². The molecule has 0 spiro atoms. The summed E-state index contributed by atoms with van der Waals surface area (Å²) in [6, 6.07) is 0.501. The summed E-state index contributed by atoms with van der Waals surface area (Å²) in [6.07, 6.45) is 4.23. The van der Waals surface area contributed by atoms with Crippen molar-refractivity contribution >= 4 is 17.8 Å². The number of carbonyl (C=O) groups is 2. The van der Waals surface area contributed by atoms with Crippen molar-refractivity contribution in [2.75, 3.05) is 51.7 Å². The summed E-state index contributed by atoms with van der Waals surface area (Å²) in [5.41, 5.74) is 5.03. The van der Waals surface area contributed by atoms with Crippen molar-refractivity contribution in [3.63, 3.8) is 0 Å². The first-order valence-electron chi connectivity index (χ1n) is 11.0. The number of H-pyrrole nitrogens is 1. The fourth-order valence-corrected chi connectivity index (χ4v) is 5.44. The summed E-state index contributed by atoms with van der Waals surface area (Å²) in [5.74, 6) is 1.27. The number of nitrogens with two attached hydrogens (primary N) is 1. The minimum absolute atomic E-state index is 0.0491. The van der Waals surface area contributed by atoms with Crippen LogP contribution < -0.4 is 11.1 Å². The number of hydrogen-bond acceptors (Lipinski definition) is 7. The van der Waals surface area contributed by atoms with Gasteiger partial charge in [-0.3, -0.25) is 19.6 Å². The van der Waals surface area contributed by atoms with Crippen molar-refractivity contribution < 1.29 is 14.3 Å². The fraction of sp³-hybridized carbons (Fsp3) is 0.800. The SMILES string of the molecule is CC(=O)N1CC[C@@H]2C[C@@H](N3CCOCC3)CC[C@@]2(C(=O)NCCc2nc(N)n[nH]2)C1. The molecule has 3 heterocycles. The highest BCUT2D eigenvalue weighted by Crippen LogP contribution is 2.47. The summed E-state index contributed by atoms with van der Waals surface area (Å²) >= 11 is 0. The quantitative estimate of drug-likeness (QED) is 0.602. The van der Waals surface area contributed by atoms with Gasteiger partial charge in [-0.05, 0) is 31.6 Å². The first-order chi connectivity index (χ1) is 14.5. The molecule has 3 aliphatic rings. The van der Waals surface area contributed by atoms with Crippen molar-refractivity contribution in [3.8, 4) is 0 Å². The Hall–Kier alpha value is -2.20.